The average molecular weight is 435 g/mol. The van der Waals surface area contributed by atoms with E-state index in [9.17, 15) is 9.18 Å². The number of carbonyl (C=O) groups is 1. The highest BCUT2D eigenvalue weighted by Gasteiger charge is 2.35. The van der Waals surface area contributed by atoms with Gasteiger partial charge in [-0.1, -0.05) is 20.8 Å². The first-order chi connectivity index (χ1) is 15.3. The second kappa shape index (κ2) is 9.02. The fourth-order valence-electron chi connectivity index (χ4n) is 4.08. The molecular formula is C25H27FN4O2. The Morgan fingerprint density at radius 1 is 1.22 bits per heavy atom. The van der Waals surface area contributed by atoms with E-state index in [2.05, 4.69) is 29.1 Å². The van der Waals surface area contributed by atoms with Gasteiger partial charge in [-0.2, -0.15) is 0 Å². The predicted octanol–water partition coefficient (Wildman–Crippen LogP) is 4.67. The second-order valence-electron chi connectivity index (χ2n) is 8.91. The number of rotatable bonds is 6. The van der Waals surface area contributed by atoms with Crippen molar-refractivity contribution in [3.8, 4) is 17.1 Å². The molecule has 2 atom stereocenters. The van der Waals surface area contributed by atoms with Gasteiger partial charge in [0, 0.05) is 29.7 Å². The van der Waals surface area contributed by atoms with Gasteiger partial charge in [0.05, 0.1) is 11.7 Å². The summed E-state index contributed by atoms with van der Waals surface area (Å²) in [4.78, 5) is 26.5. The number of fused-ring (bicyclic) bond motifs is 1. The lowest BCUT2D eigenvalue weighted by atomic mass is 9.74. The minimum atomic E-state index is -0.675. The molecule has 0 bridgehead atoms. The van der Waals surface area contributed by atoms with E-state index in [1.165, 1.54) is 24.3 Å². The fraction of sp³-hybridized carbons (Fsp3) is 0.360. The third-order valence-electron chi connectivity index (χ3n) is 5.69. The van der Waals surface area contributed by atoms with Gasteiger partial charge in [-0.05, 0) is 61.1 Å². The molecule has 0 radical (unpaired) electrons. The molecule has 0 fully saturated rings. The molecule has 0 saturated carbocycles. The van der Waals surface area contributed by atoms with Crippen molar-refractivity contribution in [1.29, 1.82) is 0 Å². The van der Waals surface area contributed by atoms with Crippen LogP contribution in [-0.4, -0.2) is 27.0 Å². The summed E-state index contributed by atoms with van der Waals surface area (Å²) in [5, 5.41) is 3.14. The molecule has 6 nitrogen and oxygen atoms in total. The zero-order valence-corrected chi connectivity index (χ0v) is 18.5. The van der Waals surface area contributed by atoms with Gasteiger partial charge >= 0.3 is 0 Å². The van der Waals surface area contributed by atoms with E-state index in [4.69, 9.17) is 9.72 Å². The van der Waals surface area contributed by atoms with Gasteiger partial charge in [0.1, 0.15) is 11.6 Å². The number of pyridine rings is 1. The van der Waals surface area contributed by atoms with Gasteiger partial charge in [-0.25, -0.2) is 14.4 Å². The fourth-order valence-corrected chi connectivity index (χ4v) is 4.08. The summed E-state index contributed by atoms with van der Waals surface area (Å²) in [6, 6.07) is 9.24. The predicted molar refractivity (Wildman–Crippen MR) is 119 cm³/mol. The van der Waals surface area contributed by atoms with Crippen LogP contribution in [0.1, 0.15) is 50.9 Å². The van der Waals surface area contributed by atoms with Crippen LogP contribution in [0.4, 0.5) is 4.39 Å². The number of halogens is 1. The highest BCUT2D eigenvalue weighted by Crippen LogP contribution is 2.40. The Bertz CT molecular complexity index is 1090. The van der Waals surface area contributed by atoms with E-state index in [0.29, 0.717) is 18.0 Å². The van der Waals surface area contributed by atoms with Crippen LogP contribution < -0.4 is 10.1 Å². The molecule has 7 heteroatoms. The monoisotopic (exact) mass is 434 g/mol. The number of amides is 1. The number of benzene rings is 1. The van der Waals surface area contributed by atoms with Crippen LogP contribution in [0.15, 0.2) is 55.0 Å². The first-order valence-corrected chi connectivity index (χ1v) is 10.8. The molecule has 1 aromatic carbocycles. The minimum Gasteiger partial charge on any atom is -0.481 e. The van der Waals surface area contributed by atoms with Crippen LogP contribution >= 0.6 is 0 Å². The van der Waals surface area contributed by atoms with Crippen molar-refractivity contribution in [1.82, 2.24) is 20.3 Å². The van der Waals surface area contributed by atoms with E-state index >= 15 is 0 Å². The Hall–Kier alpha value is -3.35. The molecule has 1 aliphatic carbocycles. The van der Waals surface area contributed by atoms with Gasteiger partial charge in [-0.3, -0.25) is 9.78 Å². The van der Waals surface area contributed by atoms with E-state index in [1.54, 1.807) is 12.4 Å². The first kappa shape index (κ1) is 21.9. The molecule has 0 aliphatic heterocycles. The van der Waals surface area contributed by atoms with E-state index < -0.39 is 6.10 Å². The Morgan fingerprint density at radius 2 is 1.94 bits per heavy atom. The molecule has 2 aromatic heterocycles. The van der Waals surface area contributed by atoms with E-state index in [1.807, 2.05) is 25.3 Å². The van der Waals surface area contributed by atoms with Crippen molar-refractivity contribution in [3.05, 3.63) is 72.1 Å². The van der Waals surface area contributed by atoms with E-state index in [-0.39, 0.29) is 23.2 Å². The normalized spacial score (nSPS) is 17.8. The number of hydrogen-bond acceptors (Lipinski definition) is 5. The Morgan fingerprint density at radius 3 is 2.62 bits per heavy atom. The van der Waals surface area contributed by atoms with Gasteiger partial charge in [0.2, 0.25) is 0 Å². The maximum absolute atomic E-state index is 13.2. The number of carbonyl (C=O) groups excluding carboxylic acids is 1. The van der Waals surface area contributed by atoms with Gasteiger partial charge < -0.3 is 10.1 Å². The van der Waals surface area contributed by atoms with Crippen LogP contribution in [0.3, 0.4) is 0 Å². The zero-order valence-electron chi connectivity index (χ0n) is 18.5. The van der Waals surface area contributed by atoms with Crippen LogP contribution in [0, 0.1) is 11.2 Å². The van der Waals surface area contributed by atoms with Gasteiger partial charge in [0.15, 0.2) is 11.9 Å². The van der Waals surface area contributed by atoms with Crippen molar-refractivity contribution in [2.75, 3.05) is 0 Å². The van der Waals surface area contributed by atoms with Crippen LogP contribution in [-0.2, 0) is 11.2 Å². The van der Waals surface area contributed by atoms with E-state index in [0.717, 1.165) is 29.7 Å². The second-order valence-corrected chi connectivity index (χ2v) is 8.91. The summed E-state index contributed by atoms with van der Waals surface area (Å²) in [6.45, 7) is 6.24. The number of nitrogens with one attached hydrogen (secondary N) is 1. The molecule has 1 N–H and O–H groups in total. The maximum atomic E-state index is 13.2. The summed E-state index contributed by atoms with van der Waals surface area (Å²) in [7, 11) is 0. The lowest BCUT2D eigenvalue weighted by Crippen LogP contribution is -2.43. The summed E-state index contributed by atoms with van der Waals surface area (Å²) in [5.41, 5.74) is 2.76. The SMILES string of the molecule is CC[C@@H](Oc1ccc(F)cc1)C(=O)N[C@H]1CC(C)(C)Cc2nc(-c3ccncc3)ncc21. The van der Waals surface area contributed by atoms with Gasteiger partial charge in [0.25, 0.3) is 5.91 Å². The van der Waals surface area contributed by atoms with Crippen molar-refractivity contribution in [2.45, 2.75) is 52.2 Å². The highest BCUT2D eigenvalue weighted by atomic mass is 19.1. The topological polar surface area (TPSA) is 77.0 Å². The lowest BCUT2D eigenvalue weighted by Gasteiger charge is -2.37. The summed E-state index contributed by atoms with van der Waals surface area (Å²) in [5.74, 6) is 0.564. The Kier molecular flexibility index (Phi) is 6.17. The molecule has 1 amide bonds. The maximum Gasteiger partial charge on any atom is 0.261 e. The third-order valence-corrected chi connectivity index (χ3v) is 5.69. The highest BCUT2D eigenvalue weighted by molar-refractivity contribution is 5.81. The number of aromatic nitrogens is 3. The van der Waals surface area contributed by atoms with Crippen molar-refractivity contribution in [2.24, 2.45) is 5.41 Å². The lowest BCUT2D eigenvalue weighted by molar-refractivity contribution is -0.129. The smallest absolute Gasteiger partial charge is 0.261 e. The number of hydrogen-bond donors (Lipinski definition) is 1. The number of nitrogens with zero attached hydrogens (tertiary/aromatic N) is 3. The molecular weight excluding hydrogens is 407 g/mol. The molecule has 32 heavy (non-hydrogen) atoms. The molecule has 166 valence electrons. The molecule has 3 aromatic rings. The average Bonchev–Trinajstić information content (AvgIpc) is 2.78. The van der Waals surface area contributed by atoms with Crippen molar-refractivity contribution >= 4 is 5.91 Å². The largest absolute Gasteiger partial charge is 0.481 e. The summed E-state index contributed by atoms with van der Waals surface area (Å²) < 4.78 is 19.0. The first-order valence-electron chi connectivity index (χ1n) is 10.8. The molecule has 0 saturated heterocycles. The molecule has 1 aliphatic rings. The Labute approximate surface area is 187 Å². The zero-order chi connectivity index (χ0) is 22.7. The molecule has 0 unspecified atom stereocenters. The summed E-state index contributed by atoms with van der Waals surface area (Å²) in [6.07, 6.45) is 6.65. The standard InChI is InChI=1S/C25H27FN4O2/c1-4-22(32-18-7-5-17(26)6-8-18)24(31)30-21-14-25(2,3)13-20-19(21)15-28-23(29-20)16-9-11-27-12-10-16/h5-12,15,21-22H,4,13-14H2,1-3H3,(H,30,31)/t21-,22+/m0/s1. The van der Waals surface area contributed by atoms with Crippen molar-refractivity contribution in [3.63, 3.8) is 0 Å². The Balaban J connectivity index is 1.55. The summed E-state index contributed by atoms with van der Waals surface area (Å²) >= 11 is 0. The molecule has 2 heterocycles. The van der Waals surface area contributed by atoms with Crippen LogP contribution in [0.5, 0.6) is 5.75 Å². The minimum absolute atomic E-state index is 0.0334. The van der Waals surface area contributed by atoms with Crippen LogP contribution in [0.25, 0.3) is 11.4 Å². The van der Waals surface area contributed by atoms with Crippen LogP contribution in [0.2, 0.25) is 0 Å². The molecule has 4 rings (SSSR count). The third kappa shape index (κ3) is 4.93. The number of ether oxygens (including phenoxy) is 1. The van der Waals surface area contributed by atoms with Crippen molar-refractivity contribution < 1.29 is 13.9 Å². The van der Waals surface area contributed by atoms with Gasteiger partial charge in [-0.15, -0.1) is 0 Å². The quantitative estimate of drug-likeness (QED) is 0.610. The molecule has 0 spiro atoms.